The summed E-state index contributed by atoms with van der Waals surface area (Å²) in [5.41, 5.74) is 0.889. The fourth-order valence-corrected chi connectivity index (χ4v) is 2.91. The highest BCUT2D eigenvalue weighted by Crippen LogP contribution is 2.13. The van der Waals surface area contributed by atoms with Crippen molar-refractivity contribution in [2.45, 2.75) is 26.8 Å². The zero-order chi connectivity index (χ0) is 16.8. The molecule has 1 aliphatic rings. The maximum atomic E-state index is 12.1. The van der Waals surface area contributed by atoms with Gasteiger partial charge in [0.05, 0.1) is 0 Å². The number of hydrogen-bond acceptors (Lipinski definition) is 4. The van der Waals surface area contributed by atoms with Crippen molar-refractivity contribution in [2.24, 2.45) is 5.92 Å². The summed E-state index contributed by atoms with van der Waals surface area (Å²) in [5, 5.41) is 5.79. The number of nitrogens with one attached hydrogen (secondary N) is 2. The van der Waals surface area contributed by atoms with E-state index in [1.807, 2.05) is 19.1 Å². The van der Waals surface area contributed by atoms with Crippen LogP contribution in [-0.4, -0.2) is 66.6 Å². The number of anilines is 1. The van der Waals surface area contributed by atoms with Crippen LogP contribution >= 0.6 is 0 Å². The second-order valence-electron chi connectivity index (χ2n) is 6.65. The number of rotatable bonds is 5. The molecule has 6 heteroatoms. The molecule has 1 atom stereocenters. The van der Waals surface area contributed by atoms with Crippen molar-refractivity contribution in [2.75, 3.05) is 45.1 Å². The van der Waals surface area contributed by atoms with Crippen LogP contribution in [0, 0.1) is 12.8 Å². The first-order valence-electron chi connectivity index (χ1n) is 8.37. The van der Waals surface area contributed by atoms with Crippen LogP contribution in [0.25, 0.3) is 0 Å². The largest absolute Gasteiger partial charge is 0.336 e. The molecule has 128 valence electrons. The Morgan fingerprint density at radius 1 is 1.26 bits per heavy atom. The predicted molar refractivity (Wildman–Crippen MR) is 93.7 cm³/mol. The molecule has 1 aromatic heterocycles. The Balaban J connectivity index is 1.84. The number of amides is 2. The van der Waals surface area contributed by atoms with Crippen molar-refractivity contribution in [1.82, 2.24) is 20.1 Å². The average molecular weight is 319 g/mol. The quantitative estimate of drug-likeness (QED) is 0.868. The maximum absolute atomic E-state index is 12.1. The van der Waals surface area contributed by atoms with Gasteiger partial charge in [-0.2, -0.15) is 0 Å². The van der Waals surface area contributed by atoms with Crippen LogP contribution in [0.15, 0.2) is 18.2 Å². The first-order chi connectivity index (χ1) is 11.0. The molecule has 2 heterocycles. The lowest BCUT2D eigenvalue weighted by atomic mass is 10.0. The summed E-state index contributed by atoms with van der Waals surface area (Å²) < 4.78 is 0. The first-order valence-corrected chi connectivity index (χ1v) is 8.37. The minimum atomic E-state index is -0.192. The van der Waals surface area contributed by atoms with Gasteiger partial charge in [-0.05, 0) is 32.0 Å². The molecule has 1 saturated heterocycles. The van der Waals surface area contributed by atoms with Gasteiger partial charge in [0, 0.05) is 44.5 Å². The Labute approximate surface area is 139 Å². The second-order valence-corrected chi connectivity index (χ2v) is 6.65. The summed E-state index contributed by atoms with van der Waals surface area (Å²) >= 11 is 0. The number of nitrogens with zero attached hydrogens (tertiary/aromatic N) is 3. The molecule has 1 fully saturated rings. The van der Waals surface area contributed by atoms with Gasteiger partial charge in [-0.3, -0.25) is 10.2 Å². The molecule has 6 nitrogen and oxygen atoms in total. The molecular weight excluding hydrogens is 290 g/mol. The molecule has 1 aromatic rings. The van der Waals surface area contributed by atoms with Gasteiger partial charge >= 0.3 is 6.03 Å². The van der Waals surface area contributed by atoms with E-state index in [9.17, 15) is 4.79 Å². The van der Waals surface area contributed by atoms with E-state index in [4.69, 9.17) is 0 Å². The molecule has 2 N–H and O–H groups in total. The standard InChI is InChI=1S/C17H29N5O/c1-13(2)15(22-10-8-21(4)9-11-22)12-18-17(23)20-16-7-5-6-14(3)19-16/h5-7,13,15H,8-12H2,1-4H3,(H2,18,19,20,23)/t15-/m1/s1. The van der Waals surface area contributed by atoms with Crippen molar-refractivity contribution < 1.29 is 4.79 Å². The van der Waals surface area contributed by atoms with Gasteiger partial charge < -0.3 is 10.2 Å². The number of aryl methyl sites for hydroxylation is 1. The highest BCUT2D eigenvalue weighted by Gasteiger charge is 2.25. The van der Waals surface area contributed by atoms with Gasteiger partial charge in [0.2, 0.25) is 0 Å². The Hall–Kier alpha value is -1.66. The fraction of sp³-hybridized carbons (Fsp3) is 0.647. The highest BCUT2D eigenvalue weighted by atomic mass is 16.2. The Morgan fingerprint density at radius 2 is 1.96 bits per heavy atom. The Bertz CT molecular complexity index is 511. The van der Waals surface area contributed by atoms with Gasteiger partial charge in [0.25, 0.3) is 0 Å². The first kappa shape index (κ1) is 17.7. The van der Waals surface area contributed by atoms with Gasteiger partial charge in [-0.25, -0.2) is 9.78 Å². The van der Waals surface area contributed by atoms with Crippen LogP contribution in [0.1, 0.15) is 19.5 Å². The van der Waals surface area contributed by atoms with Crippen molar-refractivity contribution in [1.29, 1.82) is 0 Å². The SMILES string of the molecule is Cc1cccc(NC(=O)NC[C@H](C(C)C)N2CCN(C)CC2)n1. The smallest absolute Gasteiger partial charge is 0.320 e. The topological polar surface area (TPSA) is 60.5 Å². The van der Waals surface area contributed by atoms with E-state index in [0.717, 1.165) is 31.9 Å². The Morgan fingerprint density at radius 3 is 2.57 bits per heavy atom. The molecule has 0 radical (unpaired) electrons. The van der Waals surface area contributed by atoms with Crippen molar-refractivity contribution in [3.05, 3.63) is 23.9 Å². The van der Waals surface area contributed by atoms with Crippen molar-refractivity contribution in [3.63, 3.8) is 0 Å². The van der Waals surface area contributed by atoms with E-state index in [-0.39, 0.29) is 6.03 Å². The van der Waals surface area contributed by atoms with E-state index in [1.54, 1.807) is 6.07 Å². The van der Waals surface area contributed by atoms with E-state index >= 15 is 0 Å². The number of piperazine rings is 1. The summed E-state index contributed by atoms with van der Waals surface area (Å²) in [5.74, 6) is 1.08. The monoisotopic (exact) mass is 319 g/mol. The molecule has 0 aromatic carbocycles. The summed E-state index contributed by atoms with van der Waals surface area (Å²) in [6.07, 6.45) is 0. The zero-order valence-corrected chi connectivity index (χ0v) is 14.7. The Kier molecular flexibility index (Phi) is 6.36. The van der Waals surface area contributed by atoms with Crippen LogP contribution in [0.5, 0.6) is 0 Å². The molecule has 0 aliphatic carbocycles. The van der Waals surface area contributed by atoms with Gasteiger partial charge in [0.1, 0.15) is 5.82 Å². The maximum Gasteiger partial charge on any atom is 0.320 e. The van der Waals surface area contributed by atoms with Gasteiger partial charge in [-0.1, -0.05) is 19.9 Å². The van der Waals surface area contributed by atoms with E-state index in [0.29, 0.717) is 24.3 Å². The van der Waals surface area contributed by atoms with E-state index < -0.39 is 0 Å². The molecule has 0 saturated carbocycles. The lowest BCUT2D eigenvalue weighted by Gasteiger charge is -2.39. The number of carbonyl (C=O) groups is 1. The van der Waals surface area contributed by atoms with E-state index in [2.05, 4.69) is 46.3 Å². The van der Waals surface area contributed by atoms with Crippen LogP contribution in [0.3, 0.4) is 0 Å². The second kappa shape index (κ2) is 8.26. The molecule has 1 aliphatic heterocycles. The third-order valence-electron chi connectivity index (χ3n) is 4.38. The third-order valence-corrected chi connectivity index (χ3v) is 4.38. The molecule has 2 rings (SSSR count). The third kappa shape index (κ3) is 5.48. The van der Waals surface area contributed by atoms with Gasteiger partial charge in [-0.15, -0.1) is 0 Å². The van der Waals surface area contributed by atoms with Crippen LogP contribution < -0.4 is 10.6 Å². The fourth-order valence-electron chi connectivity index (χ4n) is 2.91. The summed E-state index contributed by atoms with van der Waals surface area (Å²) in [7, 11) is 2.16. The lowest BCUT2D eigenvalue weighted by molar-refractivity contribution is 0.0890. The highest BCUT2D eigenvalue weighted by molar-refractivity contribution is 5.88. The average Bonchev–Trinajstić information content (AvgIpc) is 2.49. The van der Waals surface area contributed by atoms with Crippen molar-refractivity contribution >= 4 is 11.8 Å². The van der Waals surface area contributed by atoms with Gasteiger partial charge in [0.15, 0.2) is 0 Å². The normalized spacial score (nSPS) is 18.0. The number of likely N-dealkylation sites (N-methyl/N-ethyl adjacent to an activating group) is 1. The summed E-state index contributed by atoms with van der Waals surface area (Å²) in [4.78, 5) is 21.2. The van der Waals surface area contributed by atoms with Crippen molar-refractivity contribution in [3.8, 4) is 0 Å². The summed E-state index contributed by atoms with van der Waals surface area (Å²) in [6.45, 7) is 11.3. The number of aromatic nitrogens is 1. The minimum absolute atomic E-state index is 0.192. The molecule has 23 heavy (non-hydrogen) atoms. The number of urea groups is 1. The number of hydrogen-bond donors (Lipinski definition) is 2. The molecule has 0 spiro atoms. The number of pyridine rings is 1. The molecule has 0 bridgehead atoms. The molecule has 0 unspecified atom stereocenters. The van der Waals surface area contributed by atoms with Crippen LogP contribution in [0.4, 0.5) is 10.6 Å². The number of carbonyl (C=O) groups excluding carboxylic acids is 1. The van der Waals surface area contributed by atoms with Crippen LogP contribution in [-0.2, 0) is 0 Å². The zero-order valence-electron chi connectivity index (χ0n) is 14.7. The summed E-state index contributed by atoms with van der Waals surface area (Å²) in [6, 6.07) is 5.76. The minimum Gasteiger partial charge on any atom is -0.336 e. The lowest BCUT2D eigenvalue weighted by Crippen LogP contribution is -2.54. The molecular formula is C17H29N5O. The predicted octanol–water partition coefficient (Wildman–Crippen LogP) is 1.78. The molecule has 2 amide bonds. The van der Waals surface area contributed by atoms with Crippen LogP contribution in [0.2, 0.25) is 0 Å². The van der Waals surface area contributed by atoms with E-state index in [1.165, 1.54) is 0 Å².